The second kappa shape index (κ2) is 5.00. The van der Waals surface area contributed by atoms with Crippen LogP contribution in [-0.2, 0) is 9.84 Å². The molecule has 1 aliphatic carbocycles. The molecule has 0 radical (unpaired) electrons. The molecule has 2 rings (SSSR count). The van der Waals surface area contributed by atoms with E-state index < -0.39 is 9.84 Å². The van der Waals surface area contributed by atoms with Gasteiger partial charge in [-0.2, -0.15) is 0 Å². The summed E-state index contributed by atoms with van der Waals surface area (Å²) in [6.07, 6.45) is 7.44. The minimum atomic E-state index is -3.24. The highest BCUT2D eigenvalue weighted by Crippen LogP contribution is 2.27. The topological polar surface area (TPSA) is 72.0 Å². The summed E-state index contributed by atoms with van der Waals surface area (Å²) in [5.41, 5.74) is 0. The smallest absolute Gasteiger partial charge is 0.222 e. The standard InChI is InChI=1S/C11H17N3O2S/c1-12-11-13-7-10(8-14-11)17(15,16)9-5-3-2-4-6-9/h7-9H,2-6H2,1H3,(H,12,13,14). The molecule has 0 bridgehead atoms. The Morgan fingerprint density at radius 3 is 2.29 bits per heavy atom. The van der Waals surface area contributed by atoms with Gasteiger partial charge in [0.25, 0.3) is 0 Å². The van der Waals surface area contributed by atoms with E-state index in [-0.39, 0.29) is 10.1 Å². The predicted octanol–water partition coefficient (Wildman–Crippen LogP) is 1.62. The summed E-state index contributed by atoms with van der Waals surface area (Å²) in [6.45, 7) is 0. The largest absolute Gasteiger partial charge is 0.357 e. The van der Waals surface area contributed by atoms with Gasteiger partial charge in [0.15, 0.2) is 9.84 Å². The maximum atomic E-state index is 12.3. The summed E-state index contributed by atoms with van der Waals surface area (Å²) in [4.78, 5) is 8.15. The predicted molar refractivity (Wildman–Crippen MR) is 65.6 cm³/mol. The van der Waals surface area contributed by atoms with Gasteiger partial charge in [-0.3, -0.25) is 0 Å². The van der Waals surface area contributed by atoms with Crippen LogP contribution in [0.15, 0.2) is 17.3 Å². The summed E-state index contributed by atoms with van der Waals surface area (Å²) < 4.78 is 24.6. The third kappa shape index (κ3) is 2.57. The first-order chi connectivity index (χ1) is 8.14. The molecule has 1 heterocycles. The fourth-order valence-corrected chi connectivity index (χ4v) is 3.90. The lowest BCUT2D eigenvalue weighted by atomic mass is 10.0. The van der Waals surface area contributed by atoms with Crippen LogP contribution in [0.2, 0.25) is 0 Å². The molecule has 1 aliphatic rings. The van der Waals surface area contributed by atoms with Crippen LogP contribution in [0.25, 0.3) is 0 Å². The molecule has 0 spiro atoms. The van der Waals surface area contributed by atoms with Crippen molar-refractivity contribution < 1.29 is 8.42 Å². The minimum Gasteiger partial charge on any atom is -0.357 e. The SMILES string of the molecule is CNc1ncc(S(=O)(=O)C2CCCCC2)cn1. The average Bonchev–Trinajstić information content (AvgIpc) is 2.40. The Morgan fingerprint density at radius 2 is 1.76 bits per heavy atom. The van der Waals surface area contributed by atoms with E-state index in [1.165, 1.54) is 12.4 Å². The summed E-state index contributed by atoms with van der Waals surface area (Å²) in [6, 6.07) is 0. The normalized spacial score (nSPS) is 17.9. The Kier molecular flexibility index (Phi) is 3.61. The zero-order valence-corrected chi connectivity index (χ0v) is 10.7. The van der Waals surface area contributed by atoms with Crippen molar-refractivity contribution in [3.63, 3.8) is 0 Å². The molecule has 1 aromatic heterocycles. The van der Waals surface area contributed by atoms with Crippen LogP contribution >= 0.6 is 0 Å². The van der Waals surface area contributed by atoms with Crippen molar-refractivity contribution in [1.29, 1.82) is 0 Å². The molecule has 94 valence electrons. The van der Waals surface area contributed by atoms with Gasteiger partial charge in [0.05, 0.1) is 17.6 Å². The first kappa shape index (κ1) is 12.3. The second-order valence-corrected chi connectivity index (χ2v) is 6.53. The van der Waals surface area contributed by atoms with Crippen LogP contribution in [0.3, 0.4) is 0 Å². The van der Waals surface area contributed by atoms with Gasteiger partial charge in [-0.15, -0.1) is 0 Å². The number of sulfone groups is 1. The molecule has 0 unspecified atom stereocenters. The maximum Gasteiger partial charge on any atom is 0.222 e. The highest BCUT2D eigenvalue weighted by Gasteiger charge is 2.29. The lowest BCUT2D eigenvalue weighted by molar-refractivity contribution is 0.483. The van der Waals surface area contributed by atoms with Crippen LogP contribution in [0, 0.1) is 0 Å². The molecule has 1 saturated carbocycles. The monoisotopic (exact) mass is 255 g/mol. The Balaban J connectivity index is 2.23. The van der Waals surface area contributed by atoms with E-state index in [2.05, 4.69) is 15.3 Å². The van der Waals surface area contributed by atoms with Gasteiger partial charge in [0.1, 0.15) is 4.90 Å². The molecular formula is C11H17N3O2S. The van der Waals surface area contributed by atoms with E-state index >= 15 is 0 Å². The fourth-order valence-electron chi connectivity index (χ4n) is 2.16. The summed E-state index contributed by atoms with van der Waals surface area (Å²) >= 11 is 0. The molecule has 1 N–H and O–H groups in total. The van der Waals surface area contributed by atoms with Gasteiger partial charge < -0.3 is 5.32 Å². The number of aromatic nitrogens is 2. The number of hydrogen-bond acceptors (Lipinski definition) is 5. The van der Waals surface area contributed by atoms with Crippen molar-refractivity contribution in [1.82, 2.24) is 9.97 Å². The quantitative estimate of drug-likeness (QED) is 0.888. The molecule has 5 nitrogen and oxygen atoms in total. The molecule has 1 aromatic rings. The highest BCUT2D eigenvalue weighted by molar-refractivity contribution is 7.92. The lowest BCUT2D eigenvalue weighted by Crippen LogP contribution is -2.24. The molecule has 0 aromatic carbocycles. The summed E-state index contributed by atoms with van der Waals surface area (Å²) in [7, 11) is -1.54. The Bertz CT molecular complexity index is 464. The lowest BCUT2D eigenvalue weighted by Gasteiger charge is -2.21. The molecular weight excluding hydrogens is 238 g/mol. The number of hydrogen-bond donors (Lipinski definition) is 1. The highest BCUT2D eigenvalue weighted by atomic mass is 32.2. The molecule has 17 heavy (non-hydrogen) atoms. The van der Waals surface area contributed by atoms with Gasteiger partial charge in [-0.05, 0) is 12.8 Å². The van der Waals surface area contributed by atoms with Gasteiger partial charge in [-0.25, -0.2) is 18.4 Å². The minimum absolute atomic E-state index is 0.239. The van der Waals surface area contributed by atoms with Crippen molar-refractivity contribution in [2.45, 2.75) is 42.2 Å². The van der Waals surface area contributed by atoms with E-state index in [4.69, 9.17) is 0 Å². The zero-order valence-electron chi connectivity index (χ0n) is 9.89. The number of nitrogens with zero attached hydrogens (tertiary/aromatic N) is 2. The Hall–Kier alpha value is -1.17. The fraction of sp³-hybridized carbons (Fsp3) is 0.636. The van der Waals surface area contributed by atoms with Crippen LogP contribution in [0.5, 0.6) is 0 Å². The van der Waals surface area contributed by atoms with Gasteiger partial charge in [-0.1, -0.05) is 19.3 Å². The average molecular weight is 255 g/mol. The summed E-state index contributed by atoms with van der Waals surface area (Å²) in [5.74, 6) is 0.438. The molecule has 0 atom stereocenters. The van der Waals surface area contributed by atoms with E-state index in [9.17, 15) is 8.42 Å². The van der Waals surface area contributed by atoms with E-state index in [0.29, 0.717) is 5.95 Å². The third-order valence-corrected chi connectivity index (χ3v) is 5.39. The second-order valence-electron chi connectivity index (χ2n) is 4.30. The zero-order chi connectivity index (χ0) is 12.3. The third-order valence-electron chi connectivity index (χ3n) is 3.17. The van der Waals surface area contributed by atoms with Crippen molar-refractivity contribution >= 4 is 15.8 Å². The van der Waals surface area contributed by atoms with Crippen molar-refractivity contribution in [3.05, 3.63) is 12.4 Å². The van der Waals surface area contributed by atoms with Crippen LogP contribution in [-0.4, -0.2) is 30.7 Å². The van der Waals surface area contributed by atoms with Crippen molar-refractivity contribution in [2.24, 2.45) is 0 Å². The number of nitrogens with one attached hydrogen (secondary N) is 1. The van der Waals surface area contributed by atoms with Crippen molar-refractivity contribution in [3.8, 4) is 0 Å². The van der Waals surface area contributed by atoms with Crippen molar-refractivity contribution in [2.75, 3.05) is 12.4 Å². The summed E-state index contributed by atoms with van der Waals surface area (Å²) in [5, 5.41) is 2.52. The molecule has 0 saturated heterocycles. The maximum absolute atomic E-state index is 12.3. The molecule has 0 amide bonds. The molecule has 0 aliphatic heterocycles. The molecule has 6 heteroatoms. The van der Waals surface area contributed by atoms with Crippen LogP contribution < -0.4 is 5.32 Å². The van der Waals surface area contributed by atoms with E-state index in [1.54, 1.807) is 7.05 Å². The first-order valence-electron chi connectivity index (χ1n) is 5.88. The van der Waals surface area contributed by atoms with E-state index in [0.717, 1.165) is 32.1 Å². The molecule has 1 fully saturated rings. The first-order valence-corrected chi connectivity index (χ1v) is 7.43. The number of rotatable bonds is 3. The van der Waals surface area contributed by atoms with Gasteiger partial charge >= 0.3 is 0 Å². The van der Waals surface area contributed by atoms with Crippen LogP contribution in [0.1, 0.15) is 32.1 Å². The number of anilines is 1. The Labute approximate surface area is 102 Å². The van der Waals surface area contributed by atoms with E-state index in [1.807, 2.05) is 0 Å². The van der Waals surface area contributed by atoms with Gasteiger partial charge in [0.2, 0.25) is 5.95 Å². The van der Waals surface area contributed by atoms with Gasteiger partial charge in [0, 0.05) is 7.05 Å². The Morgan fingerprint density at radius 1 is 1.18 bits per heavy atom. The van der Waals surface area contributed by atoms with Crippen LogP contribution in [0.4, 0.5) is 5.95 Å².